The molecule has 0 saturated carbocycles. The van der Waals surface area contributed by atoms with Crippen molar-refractivity contribution in [2.75, 3.05) is 13.1 Å². The fourth-order valence-electron chi connectivity index (χ4n) is 3.13. The van der Waals surface area contributed by atoms with Crippen LogP contribution in [-0.2, 0) is 6.54 Å². The zero-order valence-electron chi connectivity index (χ0n) is 13.6. The largest absolute Gasteiger partial charge is 0.310 e. The summed E-state index contributed by atoms with van der Waals surface area (Å²) in [5.74, 6) is 0.834. The number of nitrogens with one attached hydrogen (secondary N) is 1. The molecule has 23 heavy (non-hydrogen) atoms. The number of halogens is 1. The van der Waals surface area contributed by atoms with Crippen LogP contribution in [0, 0.1) is 19.7 Å². The molecule has 0 amide bonds. The number of nitrogens with zero attached hydrogens (tertiary/aromatic N) is 2. The highest BCUT2D eigenvalue weighted by Gasteiger charge is 2.23. The Morgan fingerprint density at radius 1 is 1.30 bits per heavy atom. The van der Waals surface area contributed by atoms with Crippen molar-refractivity contribution in [1.29, 1.82) is 0 Å². The Kier molecular flexibility index (Phi) is 4.57. The van der Waals surface area contributed by atoms with Gasteiger partial charge < -0.3 is 4.98 Å². The van der Waals surface area contributed by atoms with Crippen LogP contribution in [0.3, 0.4) is 0 Å². The van der Waals surface area contributed by atoms with E-state index in [1.54, 1.807) is 6.92 Å². The molecule has 2 aromatic rings. The van der Waals surface area contributed by atoms with Gasteiger partial charge in [-0.1, -0.05) is 12.1 Å². The fourth-order valence-corrected chi connectivity index (χ4v) is 3.13. The molecule has 4 nitrogen and oxygen atoms in total. The number of rotatable bonds is 3. The molecule has 1 fully saturated rings. The molecular formula is C18H22FN3O. The molecule has 3 rings (SSSR count). The highest BCUT2D eigenvalue weighted by atomic mass is 19.1. The molecule has 5 heteroatoms. The maximum absolute atomic E-state index is 13.0. The van der Waals surface area contributed by atoms with Crippen molar-refractivity contribution in [3.05, 3.63) is 63.1 Å². The van der Waals surface area contributed by atoms with Crippen molar-refractivity contribution in [2.45, 2.75) is 39.2 Å². The molecule has 1 aliphatic heterocycles. The smallest absolute Gasteiger partial charge is 0.254 e. The van der Waals surface area contributed by atoms with Gasteiger partial charge in [-0.3, -0.25) is 9.69 Å². The summed E-state index contributed by atoms with van der Waals surface area (Å²) in [4.78, 5) is 21.8. The lowest BCUT2D eigenvalue weighted by molar-refractivity contribution is 0.196. The minimum Gasteiger partial charge on any atom is -0.310 e. The van der Waals surface area contributed by atoms with Crippen LogP contribution in [0.5, 0.6) is 0 Å². The summed E-state index contributed by atoms with van der Waals surface area (Å²) in [7, 11) is 0. The molecule has 0 unspecified atom stereocenters. The van der Waals surface area contributed by atoms with E-state index in [4.69, 9.17) is 0 Å². The lowest BCUT2D eigenvalue weighted by atomic mass is 9.96. The van der Waals surface area contributed by atoms with Crippen LogP contribution in [0.15, 0.2) is 29.1 Å². The Bertz CT molecular complexity index is 739. The predicted molar refractivity (Wildman–Crippen MR) is 88.0 cm³/mol. The maximum atomic E-state index is 13.0. The molecule has 1 atom stereocenters. The van der Waals surface area contributed by atoms with Gasteiger partial charge in [0.15, 0.2) is 0 Å². The normalized spacial score (nSPS) is 19.0. The lowest BCUT2D eigenvalue weighted by Crippen LogP contribution is -2.35. The second-order valence-electron chi connectivity index (χ2n) is 6.36. The molecule has 1 aromatic heterocycles. The minimum absolute atomic E-state index is 0.0387. The summed E-state index contributed by atoms with van der Waals surface area (Å²) >= 11 is 0. The number of piperidine rings is 1. The Labute approximate surface area is 135 Å². The van der Waals surface area contributed by atoms with Gasteiger partial charge >= 0.3 is 0 Å². The van der Waals surface area contributed by atoms with Crippen molar-refractivity contribution < 1.29 is 4.39 Å². The topological polar surface area (TPSA) is 49.0 Å². The zero-order chi connectivity index (χ0) is 16.4. The summed E-state index contributed by atoms with van der Waals surface area (Å²) in [6.45, 7) is 6.36. The number of benzene rings is 1. The first kappa shape index (κ1) is 15.9. The molecule has 1 N–H and O–H groups in total. The summed E-state index contributed by atoms with van der Waals surface area (Å²) in [6.07, 6.45) is 2.11. The Morgan fingerprint density at radius 2 is 2.04 bits per heavy atom. The molecule has 1 aliphatic rings. The first-order chi connectivity index (χ1) is 11.0. The van der Waals surface area contributed by atoms with E-state index in [9.17, 15) is 9.18 Å². The molecule has 0 aliphatic carbocycles. The van der Waals surface area contributed by atoms with Gasteiger partial charge in [0.25, 0.3) is 5.56 Å². The van der Waals surface area contributed by atoms with E-state index < -0.39 is 0 Å². The predicted octanol–water partition coefficient (Wildman–Crippen LogP) is 2.91. The highest BCUT2D eigenvalue weighted by molar-refractivity contribution is 5.17. The van der Waals surface area contributed by atoms with E-state index in [-0.39, 0.29) is 17.3 Å². The monoisotopic (exact) mass is 315 g/mol. The fraction of sp³-hybridized carbons (Fsp3) is 0.444. The van der Waals surface area contributed by atoms with Gasteiger partial charge in [-0.2, -0.15) is 0 Å². The molecule has 0 radical (unpaired) electrons. The van der Waals surface area contributed by atoms with E-state index in [1.165, 1.54) is 12.1 Å². The number of hydrogen-bond acceptors (Lipinski definition) is 3. The average molecular weight is 315 g/mol. The number of H-pyrrole nitrogens is 1. The van der Waals surface area contributed by atoms with Crippen LogP contribution in [0.2, 0.25) is 0 Å². The van der Waals surface area contributed by atoms with Crippen molar-refractivity contribution in [1.82, 2.24) is 14.9 Å². The first-order valence-corrected chi connectivity index (χ1v) is 8.07. The van der Waals surface area contributed by atoms with Crippen LogP contribution < -0.4 is 5.56 Å². The SMILES string of the molecule is Cc1nc([C@H]2CCCN(Cc3ccc(F)cc3)C2)[nH]c(=O)c1C. The summed E-state index contributed by atoms with van der Waals surface area (Å²) in [6, 6.07) is 6.66. The molecule has 1 saturated heterocycles. The maximum Gasteiger partial charge on any atom is 0.254 e. The van der Waals surface area contributed by atoms with Crippen molar-refractivity contribution in [3.63, 3.8) is 0 Å². The molecule has 2 heterocycles. The molecule has 0 spiro atoms. The minimum atomic E-state index is -0.206. The standard InChI is InChI=1S/C18H22FN3O/c1-12-13(2)20-17(21-18(12)23)15-4-3-9-22(11-15)10-14-5-7-16(19)8-6-14/h5-8,15H,3-4,9-11H2,1-2H3,(H,20,21,23)/t15-/m0/s1. The molecular weight excluding hydrogens is 293 g/mol. The van der Waals surface area contributed by atoms with E-state index >= 15 is 0 Å². The third-order valence-electron chi connectivity index (χ3n) is 4.62. The van der Waals surface area contributed by atoms with E-state index in [2.05, 4.69) is 14.9 Å². The molecule has 0 bridgehead atoms. The van der Waals surface area contributed by atoms with Crippen LogP contribution in [0.1, 0.15) is 41.4 Å². The second-order valence-corrected chi connectivity index (χ2v) is 6.36. The highest BCUT2D eigenvalue weighted by Crippen LogP contribution is 2.25. The van der Waals surface area contributed by atoms with Crippen LogP contribution in [0.4, 0.5) is 4.39 Å². The third kappa shape index (κ3) is 3.67. The van der Waals surface area contributed by atoms with Crippen molar-refractivity contribution in [2.24, 2.45) is 0 Å². The summed E-state index contributed by atoms with van der Waals surface area (Å²) in [5, 5.41) is 0. The van der Waals surface area contributed by atoms with Crippen LogP contribution in [-0.4, -0.2) is 28.0 Å². The van der Waals surface area contributed by atoms with Gasteiger partial charge in [-0.15, -0.1) is 0 Å². The van der Waals surface area contributed by atoms with Gasteiger partial charge in [0.1, 0.15) is 11.6 Å². The molecule has 1 aromatic carbocycles. The van der Waals surface area contributed by atoms with Gasteiger partial charge in [-0.05, 0) is 50.9 Å². The number of aromatic nitrogens is 2. The summed E-state index contributed by atoms with van der Waals surface area (Å²) < 4.78 is 13.0. The molecule has 122 valence electrons. The average Bonchev–Trinajstić information content (AvgIpc) is 2.54. The Hall–Kier alpha value is -2.01. The number of aromatic amines is 1. The lowest BCUT2D eigenvalue weighted by Gasteiger charge is -2.32. The zero-order valence-corrected chi connectivity index (χ0v) is 13.6. The number of hydrogen-bond donors (Lipinski definition) is 1. The Balaban J connectivity index is 1.73. The van der Waals surface area contributed by atoms with Gasteiger partial charge in [0, 0.05) is 30.3 Å². The number of aryl methyl sites for hydroxylation is 1. The number of likely N-dealkylation sites (tertiary alicyclic amines) is 1. The van der Waals surface area contributed by atoms with E-state index in [1.807, 2.05) is 19.1 Å². The summed E-state index contributed by atoms with van der Waals surface area (Å²) in [5.41, 5.74) is 2.56. The van der Waals surface area contributed by atoms with Crippen molar-refractivity contribution >= 4 is 0 Å². The quantitative estimate of drug-likeness (QED) is 0.947. The van der Waals surface area contributed by atoms with Gasteiger partial charge in [-0.25, -0.2) is 9.37 Å². The third-order valence-corrected chi connectivity index (χ3v) is 4.62. The van der Waals surface area contributed by atoms with Gasteiger partial charge in [0.2, 0.25) is 0 Å². The van der Waals surface area contributed by atoms with Crippen LogP contribution in [0.25, 0.3) is 0 Å². The first-order valence-electron chi connectivity index (χ1n) is 8.07. The van der Waals surface area contributed by atoms with E-state index in [0.717, 1.165) is 49.6 Å². The van der Waals surface area contributed by atoms with Crippen LogP contribution >= 0.6 is 0 Å². The van der Waals surface area contributed by atoms with Crippen molar-refractivity contribution in [3.8, 4) is 0 Å². The van der Waals surface area contributed by atoms with Gasteiger partial charge in [0.05, 0.1) is 0 Å². The Morgan fingerprint density at radius 3 is 2.74 bits per heavy atom. The van der Waals surface area contributed by atoms with E-state index in [0.29, 0.717) is 5.56 Å². The second kappa shape index (κ2) is 6.62.